The number of anilines is 1. The largest absolute Gasteiger partial charge is 0.345 e. The third kappa shape index (κ3) is 4.82. The van der Waals surface area contributed by atoms with Crippen LogP contribution in [0.2, 0.25) is 5.02 Å². The molecule has 0 atom stereocenters. The quantitative estimate of drug-likeness (QED) is 0.825. The summed E-state index contributed by atoms with van der Waals surface area (Å²) in [4.78, 5) is 32.8. The van der Waals surface area contributed by atoms with E-state index in [0.29, 0.717) is 23.1 Å². The summed E-state index contributed by atoms with van der Waals surface area (Å²) in [5.41, 5.74) is 2.42. The van der Waals surface area contributed by atoms with E-state index in [2.05, 4.69) is 15.3 Å². The molecule has 0 saturated carbocycles. The summed E-state index contributed by atoms with van der Waals surface area (Å²) in [6, 6.07) is 5.22. The molecule has 23 heavy (non-hydrogen) atoms. The molecule has 0 fully saturated rings. The van der Waals surface area contributed by atoms with E-state index in [-0.39, 0.29) is 18.2 Å². The smallest absolute Gasteiger partial charge is 0.233 e. The summed E-state index contributed by atoms with van der Waals surface area (Å²) in [6.07, 6.45) is 1.46. The molecule has 2 rings (SSSR count). The molecule has 2 amide bonds. The summed E-state index contributed by atoms with van der Waals surface area (Å²) in [7, 11) is 1.64. The summed E-state index contributed by atoms with van der Waals surface area (Å²) in [6.45, 7) is 4.08. The highest BCUT2D eigenvalue weighted by Crippen LogP contribution is 2.20. The maximum Gasteiger partial charge on any atom is 0.233 e. The van der Waals surface area contributed by atoms with Gasteiger partial charge in [0.1, 0.15) is 12.2 Å². The molecule has 0 spiro atoms. The third-order valence-corrected chi connectivity index (χ3v) is 3.59. The fourth-order valence-corrected chi connectivity index (χ4v) is 2.23. The molecule has 6 nitrogen and oxygen atoms in total. The number of amides is 2. The van der Waals surface area contributed by atoms with Gasteiger partial charge in [0.25, 0.3) is 0 Å². The van der Waals surface area contributed by atoms with Gasteiger partial charge >= 0.3 is 0 Å². The van der Waals surface area contributed by atoms with Crippen LogP contribution in [0.4, 0.5) is 5.69 Å². The molecule has 2 N–H and O–H groups in total. The minimum Gasteiger partial charge on any atom is -0.345 e. The predicted octanol–water partition coefficient (Wildman–Crippen LogP) is 2.67. The topological polar surface area (TPSA) is 78.1 Å². The number of halogens is 1. The minimum atomic E-state index is -0.372. The molecule has 0 aliphatic carbocycles. The maximum atomic E-state index is 12.1. The highest BCUT2D eigenvalue weighted by atomic mass is 35.5. The number of aromatic amines is 1. The van der Waals surface area contributed by atoms with Gasteiger partial charge in [-0.15, -0.1) is 0 Å². The van der Waals surface area contributed by atoms with Crippen molar-refractivity contribution >= 4 is 29.1 Å². The van der Waals surface area contributed by atoms with Crippen LogP contribution in [0, 0.1) is 13.8 Å². The fourth-order valence-electron chi connectivity index (χ4n) is 2.06. The van der Waals surface area contributed by atoms with Gasteiger partial charge in [-0.1, -0.05) is 17.7 Å². The first kappa shape index (κ1) is 17.0. The van der Waals surface area contributed by atoms with Gasteiger partial charge in [0.2, 0.25) is 11.8 Å². The number of nitrogens with one attached hydrogen (secondary N) is 2. The molecule has 1 aromatic carbocycles. The van der Waals surface area contributed by atoms with Crippen molar-refractivity contribution in [3.05, 3.63) is 46.5 Å². The highest BCUT2D eigenvalue weighted by molar-refractivity contribution is 6.31. The van der Waals surface area contributed by atoms with E-state index in [1.54, 1.807) is 25.4 Å². The molecular formula is C16H19ClN4O2. The predicted molar refractivity (Wildman–Crippen MR) is 89.2 cm³/mol. The standard InChI is InChI=1S/C16H19ClN4O2/c1-10-4-5-12(17)6-13(10)20-15(22)7-16(23)21(3)9-14-18-8-11(2)19-14/h4-6,8H,7,9H2,1-3H3,(H,18,19)(H,20,22). The average molecular weight is 335 g/mol. The average Bonchev–Trinajstić information content (AvgIpc) is 2.88. The Hall–Kier alpha value is -2.34. The lowest BCUT2D eigenvalue weighted by molar-refractivity contribution is -0.134. The van der Waals surface area contributed by atoms with E-state index in [0.717, 1.165) is 11.3 Å². The first-order valence-electron chi connectivity index (χ1n) is 7.15. The van der Waals surface area contributed by atoms with Crippen molar-refractivity contribution in [1.82, 2.24) is 14.9 Å². The Kier molecular flexibility index (Phi) is 5.39. The van der Waals surface area contributed by atoms with Crippen molar-refractivity contribution in [2.75, 3.05) is 12.4 Å². The van der Waals surface area contributed by atoms with E-state index >= 15 is 0 Å². The van der Waals surface area contributed by atoms with E-state index in [9.17, 15) is 9.59 Å². The lowest BCUT2D eigenvalue weighted by Gasteiger charge is -2.16. The molecule has 7 heteroatoms. The third-order valence-electron chi connectivity index (χ3n) is 3.35. The molecule has 1 aromatic heterocycles. The lowest BCUT2D eigenvalue weighted by atomic mass is 10.2. The monoisotopic (exact) mass is 334 g/mol. The number of H-pyrrole nitrogens is 1. The van der Waals surface area contributed by atoms with Crippen molar-refractivity contribution in [3.8, 4) is 0 Å². The van der Waals surface area contributed by atoms with Gasteiger partial charge in [-0.25, -0.2) is 4.98 Å². The molecule has 0 bridgehead atoms. The zero-order valence-electron chi connectivity index (χ0n) is 13.3. The van der Waals surface area contributed by atoms with Gasteiger partial charge in [-0.3, -0.25) is 9.59 Å². The number of imidazole rings is 1. The van der Waals surface area contributed by atoms with Gasteiger partial charge in [0.15, 0.2) is 0 Å². The number of benzene rings is 1. The lowest BCUT2D eigenvalue weighted by Crippen LogP contribution is -2.30. The SMILES string of the molecule is Cc1cnc(CN(C)C(=O)CC(=O)Nc2cc(Cl)ccc2C)[nH]1. The van der Waals surface area contributed by atoms with Gasteiger partial charge < -0.3 is 15.2 Å². The van der Waals surface area contributed by atoms with Crippen LogP contribution < -0.4 is 5.32 Å². The molecule has 0 unspecified atom stereocenters. The Balaban J connectivity index is 1.91. The molecule has 1 heterocycles. The van der Waals surface area contributed by atoms with Crippen molar-refractivity contribution in [2.45, 2.75) is 26.8 Å². The van der Waals surface area contributed by atoms with Crippen molar-refractivity contribution in [2.24, 2.45) is 0 Å². The number of hydrogen-bond donors (Lipinski definition) is 2. The summed E-state index contributed by atoms with van der Waals surface area (Å²) >= 11 is 5.91. The molecular weight excluding hydrogens is 316 g/mol. The number of nitrogens with zero attached hydrogens (tertiary/aromatic N) is 2. The Bertz CT molecular complexity index is 727. The maximum absolute atomic E-state index is 12.1. The Morgan fingerprint density at radius 3 is 2.74 bits per heavy atom. The van der Waals surface area contributed by atoms with Gasteiger partial charge in [0.05, 0.1) is 6.54 Å². The van der Waals surface area contributed by atoms with Crippen LogP contribution in [0.3, 0.4) is 0 Å². The number of carbonyl (C=O) groups is 2. The van der Waals surface area contributed by atoms with Crippen LogP contribution in [0.15, 0.2) is 24.4 Å². The number of hydrogen-bond acceptors (Lipinski definition) is 3. The van der Waals surface area contributed by atoms with Gasteiger partial charge in [-0.2, -0.15) is 0 Å². The first-order chi connectivity index (χ1) is 10.8. The molecule has 0 radical (unpaired) electrons. The fraction of sp³-hybridized carbons (Fsp3) is 0.312. The van der Waals surface area contributed by atoms with E-state index < -0.39 is 0 Å². The number of rotatable bonds is 5. The van der Waals surface area contributed by atoms with Crippen molar-refractivity contribution in [3.63, 3.8) is 0 Å². The second-order valence-electron chi connectivity index (χ2n) is 5.45. The summed E-state index contributed by atoms with van der Waals surface area (Å²) in [5, 5.41) is 3.24. The van der Waals surface area contributed by atoms with Gasteiger partial charge in [-0.05, 0) is 31.5 Å². The zero-order chi connectivity index (χ0) is 17.0. The molecule has 122 valence electrons. The Morgan fingerprint density at radius 1 is 1.35 bits per heavy atom. The van der Waals surface area contributed by atoms with Gasteiger partial charge in [0, 0.05) is 29.6 Å². The van der Waals surface area contributed by atoms with Crippen LogP contribution >= 0.6 is 11.6 Å². The minimum absolute atomic E-state index is 0.234. The number of aromatic nitrogens is 2. The Labute approximate surface area is 139 Å². The highest BCUT2D eigenvalue weighted by Gasteiger charge is 2.16. The van der Waals surface area contributed by atoms with E-state index in [4.69, 9.17) is 11.6 Å². The van der Waals surface area contributed by atoms with Crippen molar-refractivity contribution in [1.29, 1.82) is 0 Å². The second kappa shape index (κ2) is 7.28. The molecule has 0 saturated heterocycles. The summed E-state index contributed by atoms with van der Waals surface area (Å²) in [5.74, 6) is 0.0310. The first-order valence-corrected chi connectivity index (χ1v) is 7.53. The number of carbonyl (C=O) groups excluding carboxylic acids is 2. The van der Waals surface area contributed by atoms with E-state index in [1.165, 1.54) is 4.90 Å². The van der Waals surface area contributed by atoms with E-state index in [1.807, 2.05) is 19.9 Å². The van der Waals surface area contributed by atoms with Crippen LogP contribution in [0.5, 0.6) is 0 Å². The van der Waals surface area contributed by atoms with Crippen LogP contribution in [0.25, 0.3) is 0 Å². The zero-order valence-corrected chi connectivity index (χ0v) is 14.1. The summed E-state index contributed by atoms with van der Waals surface area (Å²) < 4.78 is 0. The Morgan fingerprint density at radius 2 is 2.09 bits per heavy atom. The molecule has 0 aliphatic rings. The van der Waals surface area contributed by atoms with Crippen LogP contribution in [-0.4, -0.2) is 33.7 Å². The number of aryl methyl sites for hydroxylation is 2. The van der Waals surface area contributed by atoms with Crippen LogP contribution in [-0.2, 0) is 16.1 Å². The normalized spacial score (nSPS) is 10.4. The second-order valence-corrected chi connectivity index (χ2v) is 5.88. The molecule has 0 aliphatic heterocycles. The van der Waals surface area contributed by atoms with Crippen molar-refractivity contribution < 1.29 is 9.59 Å². The van der Waals surface area contributed by atoms with Crippen LogP contribution in [0.1, 0.15) is 23.5 Å². The molecule has 2 aromatic rings.